The molecule has 0 saturated heterocycles. The van der Waals surface area contributed by atoms with Crippen LogP contribution in [0.2, 0.25) is 0 Å². The van der Waals surface area contributed by atoms with Gasteiger partial charge in [-0.15, -0.1) is 0 Å². The van der Waals surface area contributed by atoms with Crippen LogP contribution in [0.4, 0.5) is 5.13 Å². The van der Waals surface area contributed by atoms with Gasteiger partial charge < -0.3 is 11.1 Å². The fourth-order valence-corrected chi connectivity index (χ4v) is 1.76. The Morgan fingerprint density at radius 3 is 2.86 bits per heavy atom. The Balaban J connectivity index is 1.90. The summed E-state index contributed by atoms with van der Waals surface area (Å²) < 4.78 is 4.31. The Hall–Kier alpha value is -0.680. The monoisotopic (exact) mass is 212 g/mol. The van der Waals surface area contributed by atoms with E-state index in [1.54, 1.807) is 0 Å². The highest BCUT2D eigenvalue weighted by molar-refractivity contribution is 7.09. The molecule has 1 heterocycles. The van der Waals surface area contributed by atoms with Crippen molar-refractivity contribution in [1.29, 1.82) is 0 Å². The molecular weight excluding hydrogens is 196 g/mol. The van der Waals surface area contributed by atoms with E-state index < -0.39 is 0 Å². The molecule has 4 nitrogen and oxygen atoms in total. The molecule has 1 aromatic heterocycles. The van der Waals surface area contributed by atoms with E-state index in [2.05, 4.69) is 14.7 Å². The van der Waals surface area contributed by atoms with E-state index >= 15 is 0 Å². The van der Waals surface area contributed by atoms with Crippen LogP contribution >= 0.6 is 11.5 Å². The summed E-state index contributed by atoms with van der Waals surface area (Å²) in [7, 11) is 0. The highest BCUT2D eigenvalue weighted by atomic mass is 32.1. The first-order valence-electron chi connectivity index (χ1n) is 4.91. The van der Waals surface area contributed by atoms with Crippen LogP contribution in [-0.4, -0.2) is 21.4 Å². The average molecular weight is 212 g/mol. The SMILES string of the molecule is CC(C)(N)CNc1nc(C2CC2)ns1. The van der Waals surface area contributed by atoms with Crippen molar-refractivity contribution in [3.63, 3.8) is 0 Å². The van der Waals surface area contributed by atoms with Gasteiger partial charge in [0.05, 0.1) is 0 Å². The van der Waals surface area contributed by atoms with Gasteiger partial charge in [0.1, 0.15) is 5.82 Å². The van der Waals surface area contributed by atoms with Crippen LogP contribution in [0.1, 0.15) is 38.4 Å². The Morgan fingerprint density at radius 2 is 2.29 bits per heavy atom. The molecule has 1 saturated carbocycles. The van der Waals surface area contributed by atoms with Crippen molar-refractivity contribution < 1.29 is 0 Å². The molecular formula is C9H16N4S. The van der Waals surface area contributed by atoms with Gasteiger partial charge in [-0.05, 0) is 26.7 Å². The first-order valence-corrected chi connectivity index (χ1v) is 5.68. The predicted molar refractivity (Wildman–Crippen MR) is 58.6 cm³/mol. The van der Waals surface area contributed by atoms with Gasteiger partial charge in [-0.1, -0.05) is 0 Å². The second-order valence-electron chi connectivity index (χ2n) is 4.57. The molecule has 2 rings (SSSR count). The van der Waals surface area contributed by atoms with Gasteiger partial charge in [0.25, 0.3) is 0 Å². The lowest BCUT2D eigenvalue weighted by Gasteiger charge is -2.17. The normalized spacial score (nSPS) is 17.1. The standard InChI is InChI=1S/C9H16N4S/c1-9(2,10)5-11-8-12-7(13-14-8)6-3-4-6/h6H,3-5,10H2,1-2H3,(H,11,12,13). The van der Waals surface area contributed by atoms with Gasteiger partial charge >= 0.3 is 0 Å². The smallest absolute Gasteiger partial charge is 0.202 e. The fourth-order valence-electron chi connectivity index (χ4n) is 1.12. The van der Waals surface area contributed by atoms with Gasteiger partial charge in [-0.3, -0.25) is 0 Å². The molecule has 0 radical (unpaired) electrons. The van der Waals surface area contributed by atoms with Gasteiger partial charge in [-0.2, -0.15) is 4.37 Å². The van der Waals surface area contributed by atoms with Crippen molar-refractivity contribution in [2.75, 3.05) is 11.9 Å². The van der Waals surface area contributed by atoms with E-state index in [0.717, 1.165) is 17.5 Å². The molecule has 3 N–H and O–H groups in total. The molecule has 0 bridgehead atoms. The lowest BCUT2D eigenvalue weighted by molar-refractivity contribution is 0.549. The van der Waals surface area contributed by atoms with Gasteiger partial charge in [0, 0.05) is 29.5 Å². The maximum Gasteiger partial charge on any atom is 0.202 e. The first kappa shape index (κ1) is 9.86. The maximum absolute atomic E-state index is 5.86. The van der Waals surface area contributed by atoms with Crippen LogP contribution in [0, 0.1) is 0 Å². The predicted octanol–water partition coefficient (Wildman–Crippen LogP) is 1.56. The number of hydrogen-bond donors (Lipinski definition) is 2. The van der Waals surface area contributed by atoms with E-state index in [0.29, 0.717) is 5.92 Å². The third-order valence-corrected chi connectivity index (χ3v) is 2.77. The molecule has 0 atom stereocenters. The van der Waals surface area contributed by atoms with E-state index in [4.69, 9.17) is 5.73 Å². The molecule has 1 fully saturated rings. The molecule has 0 spiro atoms. The number of hydrogen-bond acceptors (Lipinski definition) is 5. The average Bonchev–Trinajstić information content (AvgIpc) is 2.81. The third-order valence-electron chi connectivity index (χ3n) is 2.08. The third kappa shape index (κ3) is 2.65. The highest BCUT2D eigenvalue weighted by Gasteiger charge is 2.27. The van der Waals surface area contributed by atoms with Gasteiger partial charge in [-0.25, -0.2) is 4.98 Å². The number of rotatable bonds is 4. The Bertz CT molecular complexity index is 311. The molecule has 1 aromatic rings. The second-order valence-corrected chi connectivity index (χ2v) is 5.33. The Morgan fingerprint density at radius 1 is 1.57 bits per heavy atom. The zero-order chi connectivity index (χ0) is 10.2. The van der Waals surface area contributed by atoms with E-state index in [-0.39, 0.29) is 5.54 Å². The summed E-state index contributed by atoms with van der Waals surface area (Å²) in [6, 6.07) is 0. The quantitative estimate of drug-likeness (QED) is 0.795. The molecule has 0 amide bonds. The molecule has 0 unspecified atom stereocenters. The van der Waals surface area contributed by atoms with Crippen molar-refractivity contribution in [3.05, 3.63) is 5.82 Å². The number of aromatic nitrogens is 2. The van der Waals surface area contributed by atoms with E-state index in [1.165, 1.54) is 24.4 Å². The zero-order valence-corrected chi connectivity index (χ0v) is 9.40. The highest BCUT2D eigenvalue weighted by Crippen LogP contribution is 2.39. The van der Waals surface area contributed by atoms with Gasteiger partial charge in [0.15, 0.2) is 0 Å². The Kier molecular flexibility index (Phi) is 2.45. The minimum atomic E-state index is -0.203. The minimum absolute atomic E-state index is 0.203. The lowest BCUT2D eigenvalue weighted by atomic mass is 10.1. The van der Waals surface area contributed by atoms with Crippen LogP contribution in [0.15, 0.2) is 0 Å². The second kappa shape index (κ2) is 3.47. The summed E-state index contributed by atoms with van der Waals surface area (Å²) in [6.07, 6.45) is 2.50. The van der Waals surface area contributed by atoms with Crippen molar-refractivity contribution in [2.24, 2.45) is 5.73 Å². The zero-order valence-electron chi connectivity index (χ0n) is 8.58. The molecule has 78 valence electrons. The summed E-state index contributed by atoms with van der Waals surface area (Å²) in [6.45, 7) is 4.71. The maximum atomic E-state index is 5.86. The van der Waals surface area contributed by atoms with Crippen LogP contribution in [-0.2, 0) is 0 Å². The van der Waals surface area contributed by atoms with Crippen LogP contribution in [0.25, 0.3) is 0 Å². The molecule has 0 aromatic carbocycles. The van der Waals surface area contributed by atoms with Crippen LogP contribution < -0.4 is 11.1 Å². The topological polar surface area (TPSA) is 63.8 Å². The molecule has 14 heavy (non-hydrogen) atoms. The van der Waals surface area contributed by atoms with E-state index in [1.807, 2.05) is 13.8 Å². The van der Waals surface area contributed by atoms with Crippen molar-refractivity contribution in [3.8, 4) is 0 Å². The summed E-state index contributed by atoms with van der Waals surface area (Å²) in [5.41, 5.74) is 5.65. The first-order chi connectivity index (χ1) is 6.54. The van der Waals surface area contributed by atoms with Crippen LogP contribution in [0.5, 0.6) is 0 Å². The van der Waals surface area contributed by atoms with Crippen molar-refractivity contribution in [1.82, 2.24) is 9.36 Å². The largest absolute Gasteiger partial charge is 0.358 e. The summed E-state index contributed by atoms with van der Waals surface area (Å²) in [4.78, 5) is 4.42. The molecule has 1 aliphatic carbocycles. The number of nitrogens with two attached hydrogens (primary N) is 1. The number of anilines is 1. The lowest BCUT2D eigenvalue weighted by Crippen LogP contribution is -2.39. The van der Waals surface area contributed by atoms with E-state index in [9.17, 15) is 0 Å². The van der Waals surface area contributed by atoms with Crippen molar-refractivity contribution in [2.45, 2.75) is 38.1 Å². The summed E-state index contributed by atoms with van der Waals surface area (Å²) in [5.74, 6) is 1.64. The van der Waals surface area contributed by atoms with Crippen LogP contribution in [0.3, 0.4) is 0 Å². The number of nitrogens with one attached hydrogen (secondary N) is 1. The molecule has 0 aliphatic heterocycles. The van der Waals surface area contributed by atoms with Crippen molar-refractivity contribution >= 4 is 16.7 Å². The number of nitrogens with zero attached hydrogens (tertiary/aromatic N) is 2. The minimum Gasteiger partial charge on any atom is -0.358 e. The van der Waals surface area contributed by atoms with Gasteiger partial charge in [0.2, 0.25) is 5.13 Å². The molecule has 5 heteroatoms. The molecule has 1 aliphatic rings. The summed E-state index contributed by atoms with van der Waals surface area (Å²) >= 11 is 1.43. The summed E-state index contributed by atoms with van der Waals surface area (Å²) in [5, 5.41) is 4.10. The fraction of sp³-hybridized carbons (Fsp3) is 0.778. The Labute approximate surface area is 88.1 Å².